The second-order valence-electron chi connectivity index (χ2n) is 5.16. The maximum absolute atomic E-state index is 12.6. The van der Waals surface area contributed by atoms with Crippen molar-refractivity contribution in [2.75, 3.05) is 25.1 Å². The van der Waals surface area contributed by atoms with Crippen LogP contribution in [0.4, 0.5) is 0 Å². The van der Waals surface area contributed by atoms with Crippen LogP contribution in [0.3, 0.4) is 0 Å². The zero-order valence-electron chi connectivity index (χ0n) is 11.1. The van der Waals surface area contributed by atoms with Crippen molar-refractivity contribution in [3.8, 4) is 0 Å². The molecule has 0 radical (unpaired) electrons. The summed E-state index contributed by atoms with van der Waals surface area (Å²) in [6.07, 6.45) is 2.00. The number of alkyl halides is 1. The van der Waals surface area contributed by atoms with Crippen molar-refractivity contribution in [2.24, 2.45) is 5.92 Å². The molecule has 0 saturated carbocycles. The number of hydrogen-bond donors (Lipinski definition) is 0. The SMILES string of the molecule is CCC1OCCC1C(=O)N1CC(CBr)OCC1C. The topological polar surface area (TPSA) is 38.8 Å². The van der Waals surface area contributed by atoms with Gasteiger partial charge in [-0.1, -0.05) is 22.9 Å². The van der Waals surface area contributed by atoms with Gasteiger partial charge >= 0.3 is 0 Å². The summed E-state index contributed by atoms with van der Waals surface area (Å²) in [4.78, 5) is 14.6. The summed E-state index contributed by atoms with van der Waals surface area (Å²) in [6.45, 7) is 6.18. The van der Waals surface area contributed by atoms with Gasteiger partial charge in [-0.05, 0) is 19.8 Å². The molecule has 2 heterocycles. The second kappa shape index (κ2) is 6.35. The molecule has 5 heteroatoms. The van der Waals surface area contributed by atoms with Gasteiger partial charge in [0.05, 0.1) is 30.8 Å². The normalized spacial score (nSPS) is 36.9. The largest absolute Gasteiger partial charge is 0.377 e. The number of carbonyl (C=O) groups excluding carboxylic acids is 1. The molecule has 0 N–H and O–H groups in total. The average molecular weight is 320 g/mol. The lowest BCUT2D eigenvalue weighted by atomic mass is 9.96. The third-order valence-electron chi connectivity index (χ3n) is 3.89. The summed E-state index contributed by atoms with van der Waals surface area (Å²) in [7, 11) is 0. The Balaban J connectivity index is 2.02. The summed E-state index contributed by atoms with van der Waals surface area (Å²) in [5.41, 5.74) is 0. The standard InChI is InChI=1S/C13H22BrNO3/c1-3-12-11(4-5-17-12)13(16)15-7-10(6-14)18-8-9(15)2/h9-12H,3-8H2,1-2H3. The van der Waals surface area contributed by atoms with Gasteiger partial charge < -0.3 is 14.4 Å². The lowest BCUT2D eigenvalue weighted by Gasteiger charge is -2.39. The molecule has 2 aliphatic heterocycles. The van der Waals surface area contributed by atoms with Gasteiger partial charge in [-0.15, -0.1) is 0 Å². The van der Waals surface area contributed by atoms with E-state index >= 15 is 0 Å². The van der Waals surface area contributed by atoms with Crippen LogP contribution in [-0.2, 0) is 14.3 Å². The maximum Gasteiger partial charge on any atom is 0.228 e. The zero-order chi connectivity index (χ0) is 13.1. The van der Waals surface area contributed by atoms with Crippen LogP contribution in [0.15, 0.2) is 0 Å². The lowest BCUT2D eigenvalue weighted by Crippen LogP contribution is -2.54. The smallest absolute Gasteiger partial charge is 0.228 e. The molecular weight excluding hydrogens is 298 g/mol. The van der Waals surface area contributed by atoms with Gasteiger partial charge in [0.25, 0.3) is 0 Å². The van der Waals surface area contributed by atoms with Crippen molar-refractivity contribution >= 4 is 21.8 Å². The fourth-order valence-corrected chi connectivity index (χ4v) is 3.16. The molecule has 0 spiro atoms. The number of halogens is 1. The molecule has 0 aromatic heterocycles. The number of amides is 1. The maximum atomic E-state index is 12.6. The van der Waals surface area contributed by atoms with E-state index < -0.39 is 0 Å². The van der Waals surface area contributed by atoms with Crippen LogP contribution in [0.5, 0.6) is 0 Å². The predicted molar refractivity (Wildman–Crippen MR) is 72.8 cm³/mol. The zero-order valence-corrected chi connectivity index (χ0v) is 12.7. The molecule has 0 aromatic rings. The number of carbonyl (C=O) groups is 1. The molecule has 0 bridgehead atoms. The number of nitrogens with zero attached hydrogens (tertiary/aromatic N) is 1. The highest BCUT2D eigenvalue weighted by atomic mass is 79.9. The molecule has 1 amide bonds. The highest BCUT2D eigenvalue weighted by molar-refractivity contribution is 9.09. The Hall–Kier alpha value is -0.130. The van der Waals surface area contributed by atoms with Gasteiger partial charge in [0.1, 0.15) is 0 Å². The molecule has 104 valence electrons. The molecule has 2 saturated heterocycles. The summed E-state index contributed by atoms with van der Waals surface area (Å²) in [5.74, 6) is 0.299. The fourth-order valence-electron chi connectivity index (χ4n) is 2.76. The third-order valence-corrected chi connectivity index (χ3v) is 4.61. The Morgan fingerprint density at radius 2 is 2.22 bits per heavy atom. The lowest BCUT2D eigenvalue weighted by molar-refractivity contribution is -0.149. The molecule has 0 aliphatic carbocycles. The van der Waals surface area contributed by atoms with Crippen molar-refractivity contribution in [1.29, 1.82) is 0 Å². The third kappa shape index (κ3) is 2.89. The molecule has 2 rings (SSSR count). The first-order valence-corrected chi connectivity index (χ1v) is 7.89. The fraction of sp³-hybridized carbons (Fsp3) is 0.923. The number of rotatable bonds is 3. The van der Waals surface area contributed by atoms with Crippen LogP contribution in [0.2, 0.25) is 0 Å². The summed E-state index contributed by atoms with van der Waals surface area (Å²) >= 11 is 3.43. The van der Waals surface area contributed by atoms with E-state index in [-0.39, 0.29) is 30.1 Å². The molecule has 4 nitrogen and oxygen atoms in total. The van der Waals surface area contributed by atoms with Gasteiger partial charge in [0.15, 0.2) is 0 Å². The van der Waals surface area contributed by atoms with Crippen LogP contribution >= 0.6 is 15.9 Å². The van der Waals surface area contributed by atoms with Crippen molar-refractivity contribution in [3.63, 3.8) is 0 Å². The van der Waals surface area contributed by atoms with Crippen LogP contribution < -0.4 is 0 Å². The predicted octanol–water partition coefficient (Wildman–Crippen LogP) is 1.81. The monoisotopic (exact) mass is 319 g/mol. The van der Waals surface area contributed by atoms with E-state index in [2.05, 4.69) is 29.8 Å². The first-order chi connectivity index (χ1) is 8.67. The van der Waals surface area contributed by atoms with Crippen LogP contribution in [0, 0.1) is 5.92 Å². The van der Waals surface area contributed by atoms with Crippen molar-refractivity contribution in [2.45, 2.75) is 44.9 Å². The molecule has 2 fully saturated rings. The van der Waals surface area contributed by atoms with Gasteiger partial charge in [-0.3, -0.25) is 4.79 Å². The Morgan fingerprint density at radius 3 is 2.89 bits per heavy atom. The quantitative estimate of drug-likeness (QED) is 0.745. The summed E-state index contributed by atoms with van der Waals surface area (Å²) in [6, 6.07) is 0.172. The molecule has 18 heavy (non-hydrogen) atoms. The molecule has 4 atom stereocenters. The Labute approximate surface area is 117 Å². The van der Waals surface area contributed by atoms with Crippen molar-refractivity contribution in [3.05, 3.63) is 0 Å². The van der Waals surface area contributed by atoms with Crippen LogP contribution in [0.25, 0.3) is 0 Å². The van der Waals surface area contributed by atoms with E-state index in [1.54, 1.807) is 0 Å². The first-order valence-electron chi connectivity index (χ1n) is 6.77. The van der Waals surface area contributed by atoms with E-state index in [1.165, 1.54) is 0 Å². The van der Waals surface area contributed by atoms with Crippen molar-refractivity contribution in [1.82, 2.24) is 4.90 Å². The number of morpholine rings is 1. The Kier molecular flexibility index (Phi) is 5.04. The Bertz CT molecular complexity index is 300. The number of hydrogen-bond acceptors (Lipinski definition) is 3. The molecule has 2 aliphatic rings. The minimum atomic E-state index is 0.0477. The van der Waals surface area contributed by atoms with Crippen molar-refractivity contribution < 1.29 is 14.3 Å². The van der Waals surface area contributed by atoms with Crippen LogP contribution in [-0.4, -0.2) is 54.1 Å². The van der Waals surface area contributed by atoms with E-state index in [0.29, 0.717) is 13.2 Å². The number of ether oxygens (including phenoxy) is 2. The minimum absolute atomic E-state index is 0.0477. The highest BCUT2D eigenvalue weighted by Gasteiger charge is 2.39. The molecule has 0 aromatic carbocycles. The van der Waals surface area contributed by atoms with E-state index in [4.69, 9.17) is 9.47 Å². The van der Waals surface area contributed by atoms with E-state index in [1.807, 2.05) is 4.90 Å². The first kappa shape index (κ1) is 14.3. The second-order valence-corrected chi connectivity index (χ2v) is 5.81. The van der Waals surface area contributed by atoms with Gasteiger partial charge in [-0.2, -0.15) is 0 Å². The highest BCUT2D eigenvalue weighted by Crippen LogP contribution is 2.27. The Morgan fingerprint density at radius 1 is 1.44 bits per heavy atom. The average Bonchev–Trinajstić information content (AvgIpc) is 2.86. The molecule has 4 unspecified atom stereocenters. The summed E-state index contributed by atoms with van der Waals surface area (Å²) < 4.78 is 11.3. The van der Waals surface area contributed by atoms with Gasteiger partial charge in [-0.25, -0.2) is 0 Å². The van der Waals surface area contributed by atoms with Gasteiger partial charge in [0.2, 0.25) is 5.91 Å². The molecular formula is C13H22BrNO3. The van der Waals surface area contributed by atoms with E-state index in [9.17, 15) is 4.79 Å². The summed E-state index contributed by atoms with van der Waals surface area (Å²) in [5, 5.41) is 0.780. The van der Waals surface area contributed by atoms with Gasteiger partial charge in [0, 0.05) is 18.5 Å². The minimum Gasteiger partial charge on any atom is -0.377 e. The van der Waals surface area contributed by atoms with E-state index in [0.717, 1.165) is 24.8 Å². The van der Waals surface area contributed by atoms with Crippen LogP contribution in [0.1, 0.15) is 26.7 Å².